The third-order valence-electron chi connectivity index (χ3n) is 20.3. The first-order chi connectivity index (χ1) is 54.6. The predicted molar refractivity (Wildman–Crippen MR) is 441 cm³/mol. The van der Waals surface area contributed by atoms with E-state index in [-0.39, 0.29) is 60.6 Å². The number of carbonyl (C=O) groups excluding carboxylic acids is 4. The highest BCUT2D eigenvalue weighted by Gasteiger charge is 2.29. The second-order valence-electron chi connectivity index (χ2n) is 27.2. The molecule has 28 heteroatoms. The summed E-state index contributed by atoms with van der Waals surface area (Å²) in [5, 5.41) is 33.7. The zero-order valence-corrected chi connectivity index (χ0v) is 62.8. The number of pyridine rings is 5. The smallest absolute Gasteiger partial charge is 0.338 e. The second kappa shape index (κ2) is 31.6. The number of carbonyl (C=O) groups is 5. The molecule has 0 unspecified atom stereocenters. The van der Waals surface area contributed by atoms with Gasteiger partial charge in [-0.25, -0.2) is 30.5 Å². The predicted octanol–water partition coefficient (Wildman–Crippen LogP) is 17.2. The number of aromatic amines is 5. The van der Waals surface area contributed by atoms with Crippen LogP contribution in [0.25, 0.3) is 132 Å². The van der Waals surface area contributed by atoms with Crippen LogP contribution in [0.15, 0.2) is 177 Å². The number of nitrogens with one attached hydrogen (secondary N) is 9. The largest absolute Gasteiger partial charge is 0.478 e. The van der Waals surface area contributed by atoms with Crippen molar-refractivity contribution >= 4 is 197 Å². The third-order valence-corrected chi connectivity index (χ3v) is 21.0. The number of carboxylic acid groups (broad SMARTS) is 1. The van der Waals surface area contributed by atoms with Gasteiger partial charge in [0.25, 0.3) is 23.6 Å². The molecule has 0 atom stereocenters. The average molecular weight is 1590 g/mol. The average Bonchev–Trinajstić information content (AvgIpc) is 1.65. The van der Waals surface area contributed by atoms with Crippen molar-refractivity contribution in [3.63, 3.8) is 0 Å². The minimum Gasteiger partial charge on any atom is -0.478 e. The van der Waals surface area contributed by atoms with Crippen LogP contribution < -0.4 is 27.3 Å². The van der Waals surface area contributed by atoms with E-state index < -0.39 is 5.97 Å². The molecule has 7 aromatic carbocycles. The van der Waals surface area contributed by atoms with Crippen LogP contribution in [-0.4, -0.2) is 104 Å². The van der Waals surface area contributed by atoms with Gasteiger partial charge in [-0.3, -0.25) is 43.8 Å². The van der Waals surface area contributed by atoms with Crippen molar-refractivity contribution in [2.75, 3.05) is 19.6 Å². The molecule has 0 saturated heterocycles. The quantitative estimate of drug-likeness (QED) is 0.0545. The summed E-state index contributed by atoms with van der Waals surface area (Å²) in [5.41, 5.74) is 16.9. The summed E-state index contributed by atoms with van der Waals surface area (Å²) in [7, 11) is 0. The van der Waals surface area contributed by atoms with Gasteiger partial charge in [0, 0.05) is 143 Å². The summed E-state index contributed by atoms with van der Waals surface area (Å²) < 4.78 is 13.2. The number of carboxylic acids is 1. The molecule has 21 rings (SSSR count). The Morgan fingerprint density at radius 1 is 0.513 bits per heavy atom. The van der Waals surface area contributed by atoms with Gasteiger partial charge in [0.15, 0.2) is 0 Å². The molecule has 0 saturated carbocycles. The molecule has 113 heavy (non-hydrogen) atoms. The lowest BCUT2D eigenvalue weighted by atomic mass is 10.0. The van der Waals surface area contributed by atoms with E-state index in [0.29, 0.717) is 62.9 Å². The Morgan fingerprint density at radius 3 is 1.56 bits per heavy atom. The van der Waals surface area contributed by atoms with Gasteiger partial charge in [-0.2, -0.15) is 0 Å². The van der Waals surface area contributed by atoms with Gasteiger partial charge in [-0.1, -0.05) is 132 Å². The zero-order chi connectivity index (χ0) is 76.8. The molecule has 10 aromatic heterocycles. The minimum atomic E-state index is -1.06. The Hall–Kier alpha value is -12.7. The summed E-state index contributed by atoms with van der Waals surface area (Å²) in [5.74, 6) is 3.40. The zero-order valence-electron chi connectivity index (χ0n) is 59.7. The van der Waals surface area contributed by atoms with Crippen molar-refractivity contribution in [3.05, 3.63) is 265 Å². The molecule has 0 spiro atoms. The number of aryl methyl sites for hydroxylation is 3. The molecule has 23 nitrogen and oxygen atoms in total. The molecular weight excluding hydrogens is 1520 g/mol. The number of hydrogen-bond acceptors (Lipinski definition) is 13. The first kappa shape index (κ1) is 74.4. The fourth-order valence-corrected chi connectivity index (χ4v) is 15.6. The van der Waals surface area contributed by atoms with E-state index in [1.807, 2.05) is 110 Å². The Labute approximate surface area is 661 Å². The van der Waals surface area contributed by atoms with Crippen molar-refractivity contribution in [2.24, 2.45) is 5.90 Å². The van der Waals surface area contributed by atoms with E-state index in [1.54, 1.807) is 30.5 Å². The number of H-pyrrole nitrogens is 5. The van der Waals surface area contributed by atoms with Gasteiger partial charge >= 0.3 is 5.97 Å². The molecule has 0 radical (unpaired) electrons. The molecule has 564 valence electrons. The van der Waals surface area contributed by atoms with Gasteiger partial charge in [0.2, 0.25) is 0 Å². The van der Waals surface area contributed by atoms with E-state index in [1.165, 1.54) is 12.1 Å². The second-order valence-corrected chi connectivity index (χ2v) is 28.5. The number of halogens is 5. The number of aromatic carboxylic acids is 1. The van der Waals surface area contributed by atoms with Crippen LogP contribution in [0.5, 0.6) is 0 Å². The maximum absolute atomic E-state index is 13.2. The number of rotatable bonds is 6. The molecular formula is C85H66Cl4FN15O8. The first-order valence-electron chi connectivity index (χ1n) is 36.0. The van der Waals surface area contributed by atoms with Crippen LogP contribution in [0.4, 0.5) is 4.39 Å². The molecule has 0 bridgehead atoms. The topological polar surface area (TPSA) is 342 Å². The summed E-state index contributed by atoms with van der Waals surface area (Å²) in [6.45, 7) is 2.35. The molecule has 12 N–H and O–H groups in total. The normalized spacial score (nSPS) is 13.9. The third kappa shape index (κ3) is 14.6. The van der Waals surface area contributed by atoms with Crippen LogP contribution in [0.2, 0.25) is 15.5 Å². The molecule has 4 aliphatic rings. The number of nitrogens with zero attached hydrogens (tertiary/aromatic N) is 5. The fourth-order valence-electron chi connectivity index (χ4n) is 15.1. The van der Waals surface area contributed by atoms with Crippen molar-refractivity contribution in [1.82, 2.24) is 71.3 Å². The summed E-state index contributed by atoms with van der Waals surface area (Å²) >= 11 is 18.0. The lowest BCUT2D eigenvalue weighted by Gasteiger charge is -2.11. The number of aromatic nitrogens is 10. The van der Waals surface area contributed by atoms with Gasteiger partial charge in [-0.05, 0) is 110 Å². The molecule has 0 fully saturated rings. The number of amides is 4. The summed E-state index contributed by atoms with van der Waals surface area (Å²) in [4.78, 5) is 108. The van der Waals surface area contributed by atoms with Crippen molar-refractivity contribution in [1.29, 1.82) is 0 Å². The van der Waals surface area contributed by atoms with Crippen LogP contribution in [0.1, 0.15) is 111 Å². The van der Waals surface area contributed by atoms with Crippen molar-refractivity contribution in [3.8, 4) is 11.3 Å². The van der Waals surface area contributed by atoms with Gasteiger partial charge < -0.3 is 46.0 Å². The fraction of sp³-hybridized carbons (Fsp3) is 0.129. The Kier molecular flexibility index (Phi) is 20.8. The minimum absolute atomic E-state index is 0. The van der Waals surface area contributed by atoms with E-state index in [4.69, 9.17) is 55.5 Å². The standard InChI is InChI=1S/C23H19N3O.C21H16FN3O.C15H12ClN3O.C13H10ClN3O3.C13H8ClN3O2.ClH/c27-23-21-18-11-9-16-14-25-17(10-8-15-5-2-1-3-6-15)13-19(16)22(18)26-20(21)7-4-12-24-23;22-14-6-3-12(4-7-14)18-10-16-13(11-24-18)5-8-15-19-17(25-20(15)16)2-1-9-23-21(19)26;16-12-6-10-8(7-18-12)3-4-9-13-11(19-14(9)10)2-1-5-17-15(13)20;14-10-3-8-6(4-16-10)1-2-7-11(13(18)19)9(5-20-15)17-12(7)8;14-10-3-8-6(4-15-10)1-2-7-11-9(16-12(7)8)5-19-17-13(11)18;/h1-3,5-6,8-11,13-14,25H,4,7,12H2,(H,24,27);3-8,10-11,25H,1-2,9H2,(H,23,26);3-4,6-7,18H,1-2,5H2,(H,17,20);1-4,16H,5,15H2,(H,18,19);1-4,15H,5H2,(H,17,18);1H. The lowest BCUT2D eigenvalue weighted by Crippen LogP contribution is -2.29. The van der Waals surface area contributed by atoms with E-state index in [0.717, 1.165) is 192 Å². The molecule has 4 amide bonds. The van der Waals surface area contributed by atoms with Crippen LogP contribution in [-0.2, 0) is 42.2 Å². The maximum Gasteiger partial charge on any atom is 0.338 e. The molecule has 14 heterocycles. The highest BCUT2D eigenvalue weighted by atomic mass is 35.5. The SMILES string of the molecule is Cl.NOCc1nc2c(ccc3c[nH]c(Cl)cc32)c1C(=O)O.O=C1NCCCc2[nH]c3c(ccc4cnc(-c5ccc(F)cc5)cc43)c21.O=C1NCCCc2nc3c(ccc4c[nH]c(C=Cc5ccccc5)cc43)c21.O=C1NCCCc2nc3c(ccc4c[nH]c(Cl)cc43)c21.O=C1NOCc2nc3c(ccc4c[nH]c(Cl)cc43)c21. The number of hydrogen-bond donors (Lipinski definition) is 11. The van der Waals surface area contributed by atoms with E-state index >= 15 is 0 Å². The maximum atomic E-state index is 13.2. The number of hydroxylamine groups is 1. The van der Waals surface area contributed by atoms with E-state index in [2.05, 4.69) is 103 Å². The Bertz CT molecular complexity index is 6680. The van der Waals surface area contributed by atoms with Gasteiger partial charge in [-0.15, -0.1) is 12.4 Å². The van der Waals surface area contributed by atoms with Gasteiger partial charge in [0.1, 0.15) is 34.5 Å². The molecule has 4 aliphatic heterocycles. The van der Waals surface area contributed by atoms with Crippen LogP contribution in [0.3, 0.4) is 0 Å². The monoisotopic (exact) mass is 1580 g/mol. The Balaban J connectivity index is 0.000000107. The highest BCUT2D eigenvalue weighted by Crippen LogP contribution is 2.38. The number of nitrogens with two attached hydrogens (primary N) is 1. The number of fused-ring (bicyclic) bond motifs is 23. The first-order valence-corrected chi connectivity index (χ1v) is 37.2. The van der Waals surface area contributed by atoms with Crippen molar-refractivity contribution in [2.45, 2.75) is 51.7 Å². The summed E-state index contributed by atoms with van der Waals surface area (Å²) in [6, 6.07) is 45.4. The Morgan fingerprint density at radius 2 is 1.00 bits per heavy atom. The van der Waals surface area contributed by atoms with Gasteiger partial charge in [0.05, 0.1) is 83.9 Å². The number of benzene rings is 7. The van der Waals surface area contributed by atoms with Crippen LogP contribution >= 0.6 is 47.2 Å². The summed E-state index contributed by atoms with van der Waals surface area (Å²) in [6.07, 6.45) is 18.7. The lowest BCUT2D eigenvalue weighted by molar-refractivity contribution is 0.0145. The highest BCUT2D eigenvalue weighted by molar-refractivity contribution is 6.32. The van der Waals surface area contributed by atoms with Crippen molar-refractivity contribution < 1.29 is 43.1 Å². The molecule has 0 aliphatic carbocycles. The molecule has 17 aromatic rings. The van der Waals surface area contributed by atoms with Crippen LogP contribution in [0, 0.1) is 5.82 Å². The van der Waals surface area contributed by atoms with E-state index in [9.17, 15) is 33.5 Å².